The van der Waals surface area contributed by atoms with Gasteiger partial charge in [-0.1, -0.05) is 6.92 Å². The molecule has 1 saturated carbocycles. The first-order chi connectivity index (χ1) is 11.1. The quantitative estimate of drug-likeness (QED) is 0.550. The number of rotatable bonds is 6. The van der Waals surface area contributed by atoms with Crippen molar-refractivity contribution in [1.82, 2.24) is 15.6 Å². The van der Waals surface area contributed by atoms with Crippen LogP contribution in [0.1, 0.15) is 55.1 Å². The Morgan fingerprint density at radius 1 is 1.30 bits per heavy atom. The number of aliphatic hydroxyl groups excluding tert-OH is 1. The summed E-state index contributed by atoms with van der Waals surface area (Å²) in [5.74, 6) is 0.887. The normalized spacial score (nSPS) is 22.2. The van der Waals surface area contributed by atoms with E-state index in [1.165, 1.54) is 15.6 Å². The van der Waals surface area contributed by atoms with Crippen LogP contribution in [0.15, 0.2) is 4.99 Å². The van der Waals surface area contributed by atoms with Gasteiger partial charge in [-0.2, -0.15) is 0 Å². The van der Waals surface area contributed by atoms with Gasteiger partial charge in [0.25, 0.3) is 0 Å². The molecular formula is C17H30N4OS. The Morgan fingerprint density at radius 3 is 2.65 bits per heavy atom. The number of nitrogens with zero attached hydrogens (tertiary/aromatic N) is 2. The van der Waals surface area contributed by atoms with Crippen molar-refractivity contribution in [2.24, 2.45) is 4.99 Å². The van der Waals surface area contributed by atoms with Gasteiger partial charge >= 0.3 is 0 Å². The molecule has 1 aliphatic carbocycles. The standard InChI is InChI=1S/C17H30N4OS/c1-4-15-12(3)23-16(21-15)10-11-19-17(18-5-2)20-13-6-8-14(22)9-7-13/h13-14,22H,4-11H2,1-3H3,(H2,18,19,20). The molecule has 1 fully saturated rings. The SMILES string of the molecule is CCNC(=NCCc1nc(CC)c(C)s1)NC1CCC(O)CC1. The molecule has 23 heavy (non-hydrogen) atoms. The number of aryl methyl sites for hydroxylation is 2. The third kappa shape index (κ3) is 5.77. The van der Waals surface area contributed by atoms with Gasteiger partial charge < -0.3 is 15.7 Å². The molecule has 130 valence electrons. The third-order valence-electron chi connectivity index (χ3n) is 4.25. The first kappa shape index (κ1) is 18.2. The van der Waals surface area contributed by atoms with E-state index in [4.69, 9.17) is 0 Å². The lowest BCUT2D eigenvalue weighted by atomic mass is 9.93. The van der Waals surface area contributed by atoms with Gasteiger partial charge in [0.1, 0.15) is 0 Å². The Bertz CT molecular complexity index is 507. The molecule has 0 amide bonds. The molecule has 0 spiro atoms. The van der Waals surface area contributed by atoms with E-state index in [9.17, 15) is 5.11 Å². The maximum Gasteiger partial charge on any atom is 0.191 e. The van der Waals surface area contributed by atoms with E-state index in [0.29, 0.717) is 6.04 Å². The Labute approximate surface area is 143 Å². The minimum absolute atomic E-state index is 0.117. The predicted octanol–water partition coefficient (Wildman–Crippen LogP) is 2.42. The maximum atomic E-state index is 9.60. The number of guanidine groups is 1. The smallest absolute Gasteiger partial charge is 0.191 e. The number of aliphatic imine (C=N–C) groups is 1. The van der Waals surface area contributed by atoms with Crippen LogP contribution < -0.4 is 10.6 Å². The topological polar surface area (TPSA) is 69.5 Å². The summed E-state index contributed by atoms with van der Waals surface area (Å²) in [6.45, 7) is 7.99. The Hall–Kier alpha value is -1.14. The van der Waals surface area contributed by atoms with Crippen molar-refractivity contribution >= 4 is 17.3 Å². The summed E-state index contributed by atoms with van der Waals surface area (Å²) in [7, 11) is 0. The highest BCUT2D eigenvalue weighted by molar-refractivity contribution is 7.11. The number of thiazole rings is 1. The van der Waals surface area contributed by atoms with Gasteiger partial charge in [0, 0.05) is 30.4 Å². The Balaban J connectivity index is 1.85. The lowest BCUT2D eigenvalue weighted by Gasteiger charge is -2.27. The van der Waals surface area contributed by atoms with Gasteiger partial charge in [-0.15, -0.1) is 11.3 Å². The van der Waals surface area contributed by atoms with Crippen LogP contribution >= 0.6 is 11.3 Å². The van der Waals surface area contributed by atoms with Crippen LogP contribution in [0, 0.1) is 6.92 Å². The summed E-state index contributed by atoms with van der Waals surface area (Å²) in [4.78, 5) is 10.7. The molecular weight excluding hydrogens is 308 g/mol. The van der Waals surface area contributed by atoms with E-state index in [0.717, 1.165) is 57.6 Å². The van der Waals surface area contributed by atoms with Crippen LogP contribution in [-0.4, -0.2) is 41.3 Å². The number of hydrogen-bond donors (Lipinski definition) is 3. The Morgan fingerprint density at radius 2 is 2.04 bits per heavy atom. The Kier molecular flexibility index (Phi) is 7.30. The number of aromatic nitrogens is 1. The summed E-state index contributed by atoms with van der Waals surface area (Å²) < 4.78 is 0. The molecule has 0 bridgehead atoms. The fraction of sp³-hybridized carbons (Fsp3) is 0.765. The van der Waals surface area contributed by atoms with Crippen LogP contribution in [0.3, 0.4) is 0 Å². The van der Waals surface area contributed by atoms with Crippen LogP contribution in [0.2, 0.25) is 0 Å². The van der Waals surface area contributed by atoms with Gasteiger partial charge in [-0.05, 0) is 46.0 Å². The molecule has 0 unspecified atom stereocenters. The zero-order chi connectivity index (χ0) is 16.7. The van der Waals surface area contributed by atoms with Crippen molar-refractivity contribution in [3.05, 3.63) is 15.6 Å². The molecule has 0 aliphatic heterocycles. The molecule has 1 aromatic heterocycles. The van der Waals surface area contributed by atoms with Gasteiger partial charge in [0.05, 0.1) is 16.8 Å². The molecule has 0 radical (unpaired) electrons. The van der Waals surface area contributed by atoms with Crippen LogP contribution in [0.4, 0.5) is 0 Å². The summed E-state index contributed by atoms with van der Waals surface area (Å²) in [5, 5.41) is 17.6. The highest BCUT2D eigenvalue weighted by Gasteiger charge is 2.19. The van der Waals surface area contributed by atoms with E-state index >= 15 is 0 Å². The van der Waals surface area contributed by atoms with Gasteiger partial charge in [-0.25, -0.2) is 4.98 Å². The lowest BCUT2D eigenvalue weighted by Crippen LogP contribution is -2.45. The molecule has 0 atom stereocenters. The first-order valence-corrected chi connectivity index (χ1v) is 9.62. The largest absolute Gasteiger partial charge is 0.393 e. The average molecular weight is 339 g/mol. The second-order valence-corrected chi connectivity index (χ2v) is 7.41. The van der Waals surface area contributed by atoms with Gasteiger partial charge in [0.2, 0.25) is 0 Å². The van der Waals surface area contributed by atoms with E-state index in [1.54, 1.807) is 11.3 Å². The van der Waals surface area contributed by atoms with Gasteiger partial charge in [-0.3, -0.25) is 4.99 Å². The van der Waals surface area contributed by atoms with Crippen molar-refractivity contribution in [1.29, 1.82) is 0 Å². The van der Waals surface area contributed by atoms with Crippen molar-refractivity contribution in [3.8, 4) is 0 Å². The predicted molar refractivity (Wildman–Crippen MR) is 97.3 cm³/mol. The van der Waals surface area contributed by atoms with E-state index < -0.39 is 0 Å². The summed E-state index contributed by atoms with van der Waals surface area (Å²) >= 11 is 1.79. The second kappa shape index (κ2) is 9.23. The second-order valence-electron chi connectivity index (χ2n) is 6.12. The van der Waals surface area contributed by atoms with Crippen molar-refractivity contribution < 1.29 is 5.11 Å². The molecule has 3 N–H and O–H groups in total. The molecule has 1 aliphatic rings. The zero-order valence-electron chi connectivity index (χ0n) is 14.6. The molecule has 0 aromatic carbocycles. The fourth-order valence-corrected chi connectivity index (χ4v) is 3.93. The van der Waals surface area contributed by atoms with Crippen LogP contribution in [0.25, 0.3) is 0 Å². The molecule has 5 nitrogen and oxygen atoms in total. The minimum Gasteiger partial charge on any atom is -0.393 e. The van der Waals surface area contributed by atoms with E-state index in [-0.39, 0.29) is 6.10 Å². The number of aliphatic hydroxyl groups is 1. The van der Waals surface area contributed by atoms with E-state index in [2.05, 4.69) is 41.4 Å². The van der Waals surface area contributed by atoms with Crippen LogP contribution in [0.5, 0.6) is 0 Å². The van der Waals surface area contributed by atoms with E-state index in [1.807, 2.05) is 0 Å². The summed E-state index contributed by atoms with van der Waals surface area (Å²) in [6.07, 6.45) is 5.57. The zero-order valence-corrected chi connectivity index (χ0v) is 15.4. The monoisotopic (exact) mass is 338 g/mol. The molecule has 2 rings (SSSR count). The molecule has 0 saturated heterocycles. The highest BCUT2D eigenvalue weighted by Crippen LogP contribution is 2.19. The number of hydrogen-bond acceptors (Lipinski definition) is 4. The fourth-order valence-electron chi connectivity index (χ4n) is 2.92. The summed E-state index contributed by atoms with van der Waals surface area (Å²) in [5.41, 5.74) is 1.22. The maximum absolute atomic E-state index is 9.60. The highest BCUT2D eigenvalue weighted by atomic mass is 32.1. The summed E-state index contributed by atoms with van der Waals surface area (Å²) in [6, 6.07) is 0.421. The lowest BCUT2D eigenvalue weighted by molar-refractivity contribution is 0.120. The third-order valence-corrected chi connectivity index (χ3v) is 5.32. The molecule has 1 heterocycles. The minimum atomic E-state index is -0.117. The van der Waals surface area contributed by atoms with Crippen LogP contribution in [-0.2, 0) is 12.8 Å². The average Bonchev–Trinajstić information content (AvgIpc) is 2.89. The van der Waals surface area contributed by atoms with Crippen molar-refractivity contribution in [2.45, 2.75) is 71.4 Å². The van der Waals surface area contributed by atoms with Crippen molar-refractivity contribution in [2.75, 3.05) is 13.1 Å². The number of nitrogens with one attached hydrogen (secondary N) is 2. The van der Waals surface area contributed by atoms with Gasteiger partial charge in [0.15, 0.2) is 5.96 Å². The molecule has 1 aromatic rings. The molecule has 6 heteroatoms. The van der Waals surface area contributed by atoms with Crippen molar-refractivity contribution in [3.63, 3.8) is 0 Å². The first-order valence-electron chi connectivity index (χ1n) is 8.80.